The van der Waals surface area contributed by atoms with E-state index in [1.165, 1.54) is 11.1 Å². The van der Waals surface area contributed by atoms with Gasteiger partial charge in [0.15, 0.2) is 0 Å². The molecule has 0 spiro atoms. The lowest BCUT2D eigenvalue weighted by atomic mass is 9.88. The van der Waals surface area contributed by atoms with Crippen LogP contribution in [0.4, 0.5) is 0 Å². The number of hydrogen-bond donors (Lipinski definition) is 1. The SMILES string of the molecule is O=C(CC(c1ccccc1)c1ccccc1)NCCCSc1nccs1. The topological polar surface area (TPSA) is 42.0 Å². The number of rotatable bonds is 9. The molecule has 3 aromatic rings. The van der Waals surface area contributed by atoms with E-state index in [4.69, 9.17) is 0 Å². The van der Waals surface area contributed by atoms with Crippen LogP contribution in [0.1, 0.15) is 29.9 Å². The monoisotopic (exact) mass is 382 g/mol. The molecule has 0 atom stereocenters. The molecule has 1 heterocycles. The van der Waals surface area contributed by atoms with E-state index in [2.05, 4.69) is 34.6 Å². The number of aromatic nitrogens is 1. The fraction of sp³-hybridized carbons (Fsp3) is 0.238. The van der Waals surface area contributed by atoms with Gasteiger partial charge in [0.1, 0.15) is 4.34 Å². The summed E-state index contributed by atoms with van der Waals surface area (Å²) in [5.74, 6) is 1.15. The van der Waals surface area contributed by atoms with Crippen molar-refractivity contribution >= 4 is 29.0 Å². The molecule has 2 aromatic carbocycles. The van der Waals surface area contributed by atoms with E-state index in [0.29, 0.717) is 13.0 Å². The van der Waals surface area contributed by atoms with Crippen LogP contribution >= 0.6 is 23.1 Å². The van der Waals surface area contributed by atoms with Crippen molar-refractivity contribution < 1.29 is 4.79 Å². The maximum Gasteiger partial charge on any atom is 0.220 e. The van der Waals surface area contributed by atoms with Crippen LogP contribution in [0.3, 0.4) is 0 Å². The Bertz CT molecular complexity index is 737. The smallest absolute Gasteiger partial charge is 0.220 e. The zero-order valence-corrected chi connectivity index (χ0v) is 16.1. The number of thioether (sulfide) groups is 1. The van der Waals surface area contributed by atoms with Gasteiger partial charge in [-0.2, -0.15) is 0 Å². The number of amides is 1. The summed E-state index contributed by atoms with van der Waals surface area (Å²) < 4.78 is 1.09. The zero-order chi connectivity index (χ0) is 18.0. The van der Waals surface area contributed by atoms with Crippen LogP contribution in [0.15, 0.2) is 76.6 Å². The standard InChI is InChI=1S/C21H22N2OS2/c24-20(22-12-7-14-25-21-23-13-15-26-21)16-19(17-8-3-1-4-9-17)18-10-5-2-6-11-18/h1-6,8-11,13,15,19H,7,12,14,16H2,(H,22,24). The van der Waals surface area contributed by atoms with Crippen LogP contribution in [0, 0.1) is 0 Å². The predicted molar refractivity (Wildman–Crippen MR) is 110 cm³/mol. The highest BCUT2D eigenvalue weighted by molar-refractivity contribution is 8.00. The van der Waals surface area contributed by atoms with E-state index >= 15 is 0 Å². The highest BCUT2D eigenvalue weighted by Gasteiger charge is 2.17. The number of nitrogens with one attached hydrogen (secondary N) is 1. The third kappa shape index (κ3) is 5.71. The van der Waals surface area contributed by atoms with Crippen LogP contribution in [0.5, 0.6) is 0 Å². The van der Waals surface area contributed by atoms with E-state index < -0.39 is 0 Å². The molecule has 3 rings (SSSR count). The summed E-state index contributed by atoms with van der Waals surface area (Å²) in [7, 11) is 0. The van der Waals surface area contributed by atoms with Crippen molar-refractivity contribution in [2.45, 2.75) is 23.1 Å². The van der Waals surface area contributed by atoms with Crippen molar-refractivity contribution in [2.24, 2.45) is 0 Å². The van der Waals surface area contributed by atoms with Gasteiger partial charge < -0.3 is 5.32 Å². The van der Waals surface area contributed by atoms with Crippen LogP contribution < -0.4 is 5.32 Å². The first-order valence-electron chi connectivity index (χ1n) is 8.72. The lowest BCUT2D eigenvalue weighted by molar-refractivity contribution is -0.121. The third-order valence-corrected chi connectivity index (χ3v) is 6.12. The Morgan fingerprint density at radius 3 is 2.27 bits per heavy atom. The Kier molecular flexibility index (Phi) is 7.28. The molecule has 26 heavy (non-hydrogen) atoms. The lowest BCUT2D eigenvalue weighted by Crippen LogP contribution is -2.26. The second-order valence-corrected chi connectivity index (χ2v) is 8.16. The maximum atomic E-state index is 12.5. The number of thiazole rings is 1. The minimum absolute atomic E-state index is 0.0853. The number of nitrogens with zero attached hydrogens (tertiary/aromatic N) is 1. The van der Waals surface area contributed by atoms with Crippen molar-refractivity contribution in [1.29, 1.82) is 0 Å². The maximum absolute atomic E-state index is 12.5. The number of benzene rings is 2. The zero-order valence-electron chi connectivity index (χ0n) is 14.5. The van der Waals surface area contributed by atoms with Gasteiger partial charge >= 0.3 is 0 Å². The highest BCUT2D eigenvalue weighted by atomic mass is 32.2. The fourth-order valence-corrected chi connectivity index (χ4v) is 4.44. The van der Waals surface area contributed by atoms with E-state index in [1.807, 2.05) is 48.0 Å². The molecule has 0 aliphatic heterocycles. The van der Waals surface area contributed by atoms with E-state index in [0.717, 1.165) is 16.5 Å². The quantitative estimate of drug-likeness (QED) is 0.420. The number of carbonyl (C=O) groups is 1. The van der Waals surface area contributed by atoms with Gasteiger partial charge in [0.05, 0.1) is 0 Å². The molecule has 1 N–H and O–H groups in total. The molecule has 3 nitrogen and oxygen atoms in total. The molecule has 1 amide bonds. The minimum atomic E-state index is 0.0853. The van der Waals surface area contributed by atoms with Gasteiger partial charge in [0.25, 0.3) is 0 Å². The van der Waals surface area contributed by atoms with Crippen molar-refractivity contribution in [3.8, 4) is 0 Å². The Hall–Kier alpha value is -2.11. The first-order chi connectivity index (χ1) is 12.8. The molecular formula is C21H22N2OS2. The largest absolute Gasteiger partial charge is 0.356 e. The predicted octanol–water partition coefficient (Wildman–Crippen LogP) is 4.96. The van der Waals surface area contributed by atoms with Gasteiger partial charge in [0.2, 0.25) is 5.91 Å². The summed E-state index contributed by atoms with van der Waals surface area (Å²) in [5, 5.41) is 5.05. The molecule has 5 heteroatoms. The molecule has 0 saturated heterocycles. The number of carbonyl (C=O) groups excluding carboxylic acids is 1. The Balaban J connectivity index is 1.51. The molecule has 134 valence electrons. The van der Waals surface area contributed by atoms with Crippen molar-refractivity contribution in [3.05, 3.63) is 83.4 Å². The normalized spacial score (nSPS) is 10.8. The molecule has 0 bridgehead atoms. The van der Waals surface area contributed by atoms with Crippen LogP contribution in [0.2, 0.25) is 0 Å². The van der Waals surface area contributed by atoms with Crippen molar-refractivity contribution in [1.82, 2.24) is 10.3 Å². The molecule has 0 fully saturated rings. The third-order valence-electron chi connectivity index (χ3n) is 4.07. The van der Waals surface area contributed by atoms with E-state index in [1.54, 1.807) is 23.1 Å². The molecule has 0 unspecified atom stereocenters. The average molecular weight is 383 g/mol. The second kappa shape index (κ2) is 10.1. The highest BCUT2D eigenvalue weighted by Crippen LogP contribution is 2.27. The van der Waals surface area contributed by atoms with Crippen LogP contribution in [-0.2, 0) is 4.79 Å². The molecule has 1 aromatic heterocycles. The summed E-state index contributed by atoms with van der Waals surface area (Å²) in [4.78, 5) is 16.7. The Morgan fingerprint density at radius 2 is 1.69 bits per heavy atom. The Morgan fingerprint density at radius 1 is 1.04 bits per heavy atom. The van der Waals surface area contributed by atoms with Crippen molar-refractivity contribution in [2.75, 3.05) is 12.3 Å². The summed E-state index contributed by atoms with van der Waals surface area (Å²) in [6.07, 6.45) is 3.23. The summed E-state index contributed by atoms with van der Waals surface area (Å²) >= 11 is 3.40. The molecule has 0 aliphatic rings. The average Bonchev–Trinajstić information content (AvgIpc) is 3.21. The molecule has 0 aliphatic carbocycles. The lowest BCUT2D eigenvalue weighted by Gasteiger charge is -2.18. The van der Waals surface area contributed by atoms with Gasteiger partial charge in [-0.15, -0.1) is 11.3 Å². The van der Waals surface area contributed by atoms with Crippen LogP contribution in [0.25, 0.3) is 0 Å². The molecular weight excluding hydrogens is 360 g/mol. The first-order valence-corrected chi connectivity index (χ1v) is 10.6. The van der Waals surface area contributed by atoms with Gasteiger partial charge in [-0.1, -0.05) is 72.4 Å². The van der Waals surface area contributed by atoms with Crippen molar-refractivity contribution in [3.63, 3.8) is 0 Å². The van der Waals surface area contributed by atoms with Gasteiger partial charge in [-0.05, 0) is 17.5 Å². The molecule has 0 saturated carbocycles. The summed E-state index contributed by atoms with van der Waals surface area (Å²) in [6, 6.07) is 20.5. The van der Waals surface area contributed by atoms with Gasteiger partial charge in [0, 0.05) is 36.2 Å². The second-order valence-electron chi connectivity index (χ2n) is 5.93. The summed E-state index contributed by atoms with van der Waals surface area (Å²) in [5.41, 5.74) is 2.35. The fourth-order valence-electron chi connectivity index (χ4n) is 2.80. The van der Waals surface area contributed by atoms with E-state index in [-0.39, 0.29) is 11.8 Å². The first kappa shape index (κ1) is 18.7. The van der Waals surface area contributed by atoms with Gasteiger partial charge in [-0.3, -0.25) is 4.79 Å². The Labute approximate surface area is 162 Å². The van der Waals surface area contributed by atoms with E-state index in [9.17, 15) is 4.79 Å². The number of hydrogen-bond acceptors (Lipinski definition) is 4. The minimum Gasteiger partial charge on any atom is -0.356 e. The molecule has 0 radical (unpaired) electrons. The van der Waals surface area contributed by atoms with Gasteiger partial charge in [-0.25, -0.2) is 4.98 Å². The summed E-state index contributed by atoms with van der Waals surface area (Å²) in [6.45, 7) is 0.702. The van der Waals surface area contributed by atoms with Crippen LogP contribution in [-0.4, -0.2) is 23.2 Å².